The van der Waals surface area contributed by atoms with Crippen LogP contribution in [0.25, 0.3) is 0 Å². The second kappa shape index (κ2) is 6.89. The molecule has 0 aromatic heterocycles. The number of benzene rings is 1. The van der Waals surface area contributed by atoms with Crippen molar-refractivity contribution in [2.75, 3.05) is 18.8 Å². The van der Waals surface area contributed by atoms with Gasteiger partial charge in [-0.15, -0.1) is 11.8 Å². The Hall–Kier alpha value is -1.24. The van der Waals surface area contributed by atoms with Gasteiger partial charge in [-0.3, -0.25) is 4.79 Å². The third-order valence-corrected chi connectivity index (χ3v) is 4.94. The van der Waals surface area contributed by atoms with Gasteiger partial charge in [-0.25, -0.2) is 4.79 Å². The van der Waals surface area contributed by atoms with Crippen LogP contribution in [0.2, 0.25) is 5.02 Å². The molecule has 0 saturated carbocycles. The van der Waals surface area contributed by atoms with E-state index < -0.39 is 11.6 Å². The number of aliphatic hydroxyl groups is 1. The number of nitrogens with zero attached hydrogens (tertiary/aromatic N) is 1. The van der Waals surface area contributed by atoms with Crippen LogP contribution in [0.4, 0.5) is 0 Å². The molecule has 120 valence electrons. The van der Waals surface area contributed by atoms with E-state index in [0.717, 1.165) is 10.6 Å². The Balaban J connectivity index is 2.16. The molecule has 0 spiro atoms. The molecule has 1 aliphatic heterocycles. The molecule has 1 aromatic carbocycles. The van der Waals surface area contributed by atoms with Gasteiger partial charge >= 0.3 is 5.97 Å². The first-order chi connectivity index (χ1) is 10.4. The molecular formula is C15H18ClNO4S. The normalized spacial score (nSPS) is 17.3. The number of carboxylic acid groups (broad SMARTS) is 1. The highest BCUT2D eigenvalue weighted by Crippen LogP contribution is 2.29. The third kappa shape index (κ3) is 3.56. The standard InChI is InChI=1S/C15H18ClNO4S/c1-2-22-12-4-3-10(16)9-11(12)13(18)17-7-5-15(21,6-8-17)14(19)20/h3-4,9,21H,2,5-8H2,1H3,(H,19,20). The molecule has 1 fully saturated rings. The number of likely N-dealkylation sites (tertiary alicyclic amines) is 1. The first-order valence-corrected chi connectivity index (χ1v) is 8.41. The van der Waals surface area contributed by atoms with Crippen molar-refractivity contribution in [3.63, 3.8) is 0 Å². The highest BCUT2D eigenvalue weighted by Gasteiger charge is 2.40. The summed E-state index contributed by atoms with van der Waals surface area (Å²) < 4.78 is 0. The molecule has 1 aliphatic rings. The predicted octanol–water partition coefficient (Wildman–Crippen LogP) is 2.50. The average Bonchev–Trinajstić information content (AvgIpc) is 2.49. The van der Waals surface area contributed by atoms with Gasteiger partial charge in [-0.1, -0.05) is 18.5 Å². The molecule has 1 saturated heterocycles. The molecule has 2 N–H and O–H groups in total. The highest BCUT2D eigenvalue weighted by molar-refractivity contribution is 7.99. The highest BCUT2D eigenvalue weighted by atomic mass is 35.5. The number of piperidine rings is 1. The number of carbonyl (C=O) groups is 2. The fourth-order valence-corrected chi connectivity index (χ4v) is 3.36. The maximum absolute atomic E-state index is 12.7. The Morgan fingerprint density at radius 1 is 1.36 bits per heavy atom. The van der Waals surface area contributed by atoms with Gasteiger partial charge in [0.2, 0.25) is 0 Å². The number of amides is 1. The molecular weight excluding hydrogens is 326 g/mol. The van der Waals surface area contributed by atoms with Crippen LogP contribution in [0.3, 0.4) is 0 Å². The number of rotatable bonds is 4. The second-order valence-corrected chi connectivity index (χ2v) is 6.94. The molecule has 0 aliphatic carbocycles. The zero-order valence-electron chi connectivity index (χ0n) is 12.2. The van der Waals surface area contributed by atoms with Crippen molar-refractivity contribution in [2.24, 2.45) is 0 Å². The Morgan fingerprint density at radius 3 is 2.55 bits per heavy atom. The summed E-state index contributed by atoms with van der Waals surface area (Å²) >= 11 is 7.55. The van der Waals surface area contributed by atoms with E-state index in [0.29, 0.717) is 10.6 Å². The van der Waals surface area contributed by atoms with Crippen molar-refractivity contribution in [1.82, 2.24) is 4.90 Å². The Bertz CT molecular complexity index is 585. The number of halogens is 1. The van der Waals surface area contributed by atoms with Crippen LogP contribution in [-0.4, -0.2) is 51.4 Å². The van der Waals surface area contributed by atoms with Gasteiger partial charge < -0.3 is 15.1 Å². The number of carboxylic acids is 1. The summed E-state index contributed by atoms with van der Waals surface area (Å²) in [6, 6.07) is 5.21. The molecule has 2 rings (SSSR count). The van der Waals surface area contributed by atoms with Crippen molar-refractivity contribution in [3.05, 3.63) is 28.8 Å². The van der Waals surface area contributed by atoms with Crippen molar-refractivity contribution < 1.29 is 19.8 Å². The van der Waals surface area contributed by atoms with Crippen LogP contribution in [0, 0.1) is 0 Å². The number of carbonyl (C=O) groups excluding carboxylic acids is 1. The zero-order valence-corrected chi connectivity index (χ0v) is 13.8. The lowest BCUT2D eigenvalue weighted by molar-refractivity contribution is -0.162. The van der Waals surface area contributed by atoms with Gasteiger partial charge in [0, 0.05) is 35.8 Å². The van der Waals surface area contributed by atoms with Gasteiger partial charge in [0.1, 0.15) is 0 Å². The van der Waals surface area contributed by atoms with E-state index in [2.05, 4.69) is 0 Å². The minimum atomic E-state index is -1.73. The monoisotopic (exact) mass is 343 g/mol. The molecule has 22 heavy (non-hydrogen) atoms. The summed E-state index contributed by atoms with van der Waals surface area (Å²) in [7, 11) is 0. The van der Waals surface area contributed by atoms with Gasteiger partial charge in [0.05, 0.1) is 5.56 Å². The molecule has 7 heteroatoms. The SMILES string of the molecule is CCSc1ccc(Cl)cc1C(=O)N1CCC(O)(C(=O)O)CC1. The minimum absolute atomic E-state index is 0.0326. The summed E-state index contributed by atoms with van der Waals surface area (Å²) in [5.74, 6) is -0.573. The molecule has 0 radical (unpaired) electrons. The summed E-state index contributed by atoms with van der Waals surface area (Å²) in [5, 5.41) is 19.4. The molecule has 1 amide bonds. The summed E-state index contributed by atoms with van der Waals surface area (Å²) in [4.78, 5) is 26.1. The van der Waals surface area contributed by atoms with E-state index >= 15 is 0 Å². The molecule has 5 nitrogen and oxygen atoms in total. The first kappa shape index (κ1) is 17.1. The molecule has 1 aromatic rings. The molecule has 0 unspecified atom stereocenters. The lowest BCUT2D eigenvalue weighted by Gasteiger charge is -2.35. The van der Waals surface area contributed by atoms with Crippen LogP contribution < -0.4 is 0 Å². The fraction of sp³-hybridized carbons (Fsp3) is 0.467. The molecule has 0 bridgehead atoms. The predicted molar refractivity (Wildman–Crippen MR) is 85.6 cm³/mol. The van der Waals surface area contributed by atoms with Gasteiger partial charge in [-0.2, -0.15) is 0 Å². The maximum Gasteiger partial charge on any atom is 0.335 e. The van der Waals surface area contributed by atoms with Crippen molar-refractivity contribution in [3.8, 4) is 0 Å². The summed E-state index contributed by atoms with van der Waals surface area (Å²) in [5.41, 5.74) is -1.20. The number of thioether (sulfide) groups is 1. The van der Waals surface area contributed by atoms with Crippen molar-refractivity contribution in [1.29, 1.82) is 0 Å². The topological polar surface area (TPSA) is 77.8 Å². The Morgan fingerprint density at radius 2 is 2.00 bits per heavy atom. The van der Waals surface area contributed by atoms with Crippen molar-refractivity contribution in [2.45, 2.75) is 30.3 Å². The maximum atomic E-state index is 12.7. The average molecular weight is 344 g/mol. The molecule has 0 atom stereocenters. The summed E-state index contributed by atoms with van der Waals surface area (Å²) in [6.07, 6.45) is 0.0653. The zero-order chi connectivity index (χ0) is 16.3. The van der Waals surface area contributed by atoms with Crippen LogP contribution in [0.15, 0.2) is 23.1 Å². The number of hydrogen-bond acceptors (Lipinski definition) is 4. The van der Waals surface area contributed by atoms with Crippen LogP contribution in [-0.2, 0) is 4.79 Å². The van der Waals surface area contributed by atoms with Crippen LogP contribution >= 0.6 is 23.4 Å². The smallest absolute Gasteiger partial charge is 0.335 e. The second-order valence-electron chi connectivity index (χ2n) is 5.20. The van der Waals surface area contributed by atoms with Crippen LogP contribution in [0.5, 0.6) is 0 Å². The third-order valence-electron chi connectivity index (χ3n) is 3.75. The minimum Gasteiger partial charge on any atom is -0.479 e. The van der Waals surface area contributed by atoms with E-state index in [9.17, 15) is 14.7 Å². The van der Waals surface area contributed by atoms with E-state index in [-0.39, 0.29) is 31.8 Å². The lowest BCUT2D eigenvalue weighted by Crippen LogP contribution is -2.50. The van der Waals surface area contributed by atoms with Gasteiger partial charge in [0.25, 0.3) is 5.91 Å². The van der Waals surface area contributed by atoms with Crippen molar-refractivity contribution >= 4 is 35.2 Å². The van der Waals surface area contributed by atoms with Crippen LogP contribution in [0.1, 0.15) is 30.1 Å². The summed E-state index contributed by atoms with van der Waals surface area (Å²) in [6.45, 7) is 2.43. The van der Waals surface area contributed by atoms with Gasteiger partial charge in [-0.05, 0) is 24.0 Å². The van der Waals surface area contributed by atoms with E-state index in [1.165, 1.54) is 0 Å². The number of aliphatic carboxylic acids is 1. The van der Waals surface area contributed by atoms with E-state index in [1.807, 2.05) is 13.0 Å². The first-order valence-electron chi connectivity index (χ1n) is 7.05. The lowest BCUT2D eigenvalue weighted by atomic mass is 9.91. The quantitative estimate of drug-likeness (QED) is 0.821. The molecule has 1 heterocycles. The van der Waals surface area contributed by atoms with E-state index in [1.54, 1.807) is 28.8 Å². The Kier molecular flexibility index (Phi) is 5.36. The largest absolute Gasteiger partial charge is 0.479 e. The van der Waals surface area contributed by atoms with E-state index in [4.69, 9.17) is 16.7 Å². The fourth-order valence-electron chi connectivity index (χ4n) is 2.41. The van der Waals surface area contributed by atoms with Gasteiger partial charge in [0.15, 0.2) is 5.60 Å². The number of hydrogen-bond donors (Lipinski definition) is 2. The Labute approximate surface area is 138 Å².